The fraction of sp³-hybridized carbons (Fsp3) is 0.316. The molecular weight excluding hydrogens is 256 g/mol. The van der Waals surface area contributed by atoms with Crippen LogP contribution in [0.3, 0.4) is 0 Å². The van der Waals surface area contributed by atoms with Gasteiger partial charge >= 0.3 is 0 Å². The van der Waals surface area contributed by atoms with Crippen molar-refractivity contribution in [1.82, 2.24) is 9.97 Å². The van der Waals surface area contributed by atoms with Crippen LogP contribution in [0.5, 0.6) is 0 Å². The number of rotatable bonds is 1. The summed E-state index contributed by atoms with van der Waals surface area (Å²) in [6.07, 6.45) is 0. The highest BCUT2D eigenvalue weighted by Gasteiger charge is 2.16. The normalized spacial score (nSPS) is 12.0. The van der Waals surface area contributed by atoms with Gasteiger partial charge in [0, 0.05) is 5.56 Å². The molecule has 0 amide bonds. The molecule has 0 aliphatic heterocycles. The number of fused-ring (bicyclic) bond motifs is 1. The third kappa shape index (κ3) is 2.46. The molecule has 0 saturated carbocycles. The molecule has 0 fully saturated rings. The second kappa shape index (κ2) is 4.73. The third-order valence-electron chi connectivity index (χ3n) is 4.07. The van der Waals surface area contributed by atoms with E-state index in [1.807, 2.05) is 0 Å². The van der Waals surface area contributed by atoms with Crippen LogP contribution in [0.2, 0.25) is 0 Å². The SMILES string of the molecule is Cc1cccc(C)c1-c1nc2cc(C(C)(C)C)ccc2[nH]1. The van der Waals surface area contributed by atoms with Crippen molar-refractivity contribution in [3.05, 3.63) is 53.1 Å². The van der Waals surface area contributed by atoms with Crippen LogP contribution in [0, 0.1) is 13.8 Å². The maximum Gasteiger partial charge on any atom is 0.139 e. The lowest BCUT2D eigenvalue weighted by Crippen LogP contribution is -2.10. The predicted octanol–water partition coefficient (Wildman–Crippen LogP) is 5.14. The highest BCUT2D eigenvalue weighted by molar-refractivity contribution is 5.81. The minimum absolute atomic E-state index is 0.145. The molecule has 3 rings (SSSR count). The molecule has 21 heavy (non-hydrogen) atoms. The van der Waals surface area contributed by atoms with Crippen molar-refractivity contribution in [2.75, 3.05) is 0 Å². The van der Waals surface area contributed by atoms with Gasteiger partial charge in [-0.15, -0.1) is 0 Å². The van der Waals surface area contributed by atoms with E-state index < -0.39 is 0 Å². The van der Waals surface area contributed by atoms with E-state index in [0.717, 1.165) is 16.9 Å². The van der Waals surface area contributed by atoms with E-state index in [1.54, 1.807) is 0 Å². The summed E-state index contributed by atoms with van der Waals surface area (Å²) in [5, 5.41) is 0. The molecule has 2 nitrogen and oxygen atoms in total. The van der Waals surface area contributed by atoms with Crippen molar-refractivity contribution in [1.29, 1.82) is 0 Å². The minimum atomic E-state index is 0.145. The Bertz CT molecular complexity index is 784. The molecule has 0 radical (unpaired) electrons. The maximum atomic E-state index is 4.82. The van der Waals surface area contributed by atoms with Gasteiger partial charge in [0.2, 0.25) is 0 Å². The quantitative estimate of drug-likeness (QED) is 0.655. The zero-order valence-electron chi connectivity index (χ0n) is 13.4. The van der Waals surface area contributed by atoms with Crippen LogP contribution in [0.4, 0.5) is 0 Å². The van der Waals surface area contributed by atoms with Crippen LogP contribution >= 0.6 is 0 Å². The fourth-order valence-electron chi connectivity index (χ4n) is 2.78. The summed E-state index contributed by atoms with van der Waals surface area (Å²) in [5.41, 5.74) is 7.32. The smallest absolute Gasteiger partial charge is 0.139 e. The molecule has 0 aliphatic rings. The molecule has 1 N–H and O–H groups in total. The first kappa shape index (κ1) is 13.9. The zero-order chi connectivity index (χ0) is 15.2. The predicted molar refractivity (Wildman–Crippen MR) is 89.7 cm³/mol. The number of hydrogen-bond donors (Lipinski definition) is 1. The number of imidazole rings is 1. The number of aryl methyl sites for hydroxylation is 2. The van der Waals surface area contributed by atoms with Gasteiger partial charge in [0.1, 0.15) is 5.82 Å². The van der Waals surface area contributed by atoms with Crippen LogP contribution < -0.4 is 0 Å². The summed E-state index contributed by atoms with van der Waals surface area (Å²) >= 11 is 0. The Morgan fingerprint density at radius 3 is 2.24 bits per heavy atom. The fourth-order valence-corrected chi connectivity index (χ4v) is 2.78. The highest BCUT2D eigenvalue weighted by atomic mass is 14.9. The van der Waals surface area contributed by atoms with Crippen LogP contribution in [-0.4, -0.2) is 9.97 Å². The van der Waals surface area contributed by atoms with Crippen molar-refractivity contribution in [2.24, 2.45) is 0 Å². The lowest BCUT2D eigenvalue weighted by Gasteiger charge is -2.18. The third-order valence-corrected chi connectivity index (χ3v) is 4.07. The van der Waals surface area contributed by atoms with E-state index in [0.29, 0.717) is 0 Å². The summed E-state index contributed by atoms with van der Waals surface area (Å²) in [4.78, 5) is 8.28. The van der Waals surface area contributed by atoms with Gasteiger partial charge in [-0.25, -0.2) is 4.98 Å². The van der Waals surface area contributed by atoms with Gasteiger partial charge in [-0.3, -0.25) is 0 Å². The average Bonchev–Trinajstić information content (AvgIpc) is 2.79. The van der Waals surface area contributed by atoms with E-state index in [1.165, 1.54) is 22.3 Å². The lowest BCUT2D eigenvalue weighted by atomic mass is 9.87. The zero-order valence-corrected chi connectivity index (χ0v) is 13.4. The highest BCUT2D eigenvalue weighted by Crippen LogP contribution is 2.29. The lowest BCUT2D eigenvalue weighted by molar-refractivity contribution is 0.591. The topological polar surface area (TPSA) is 28.7 Å². The summed E-state index contributed by atoms with van der Waals surface area (Å²) in [7, 11) is 0. The molecule has 2 heteroatoms. The van der Waals surface area contributed by atoms with Gasteiger partial charge < -0.3 is 4.98 Å². The molecule has 0 bridgehead atoms. The van der Waals surface area contributed by atoms with Gasteiger partial charge in [-0.2, -0.15) is 0 Å². The first-order valence-corrected chi connectivity index (χ1v) is 7.43. The molecule has 108 valence electrons. The first-order chi connectivity index (χ1) is 9.86. The van der Waals surface area contributed by atoms with Crippen LogP contribution in [0.1, 0.15) is 37.5 Å². The van der Waals surface area contributed by atoms with Gasteiger partial charge in [0.25, 0.3) is 0 Å². The van der Waals surface area contributed by atoms with Crippen molar-refractivity contribution in [2.45, 2.75) is 40.0 Å². The van der Waals surface area contributed by atoms with E-state index in [2.05, 4.69) is 76.0 Å². The Balaban J connectivity index is 2.18. The van der Waals surface area contributed by atoms with E-state index >= 15 is 0 Å². The average molecular weight is 278 g/mol. The molecule has 1 heterocycles. The van der Waals surface area contributed by atoms with Gasteiger partial charge in [-0.05, 0) is 48.1 Å². The molecule has 0 unspecified atom stereocenters. The number of aromatic amines is 1. The van der Waals surface area contributed by atoms with Gasteiger partial charge in [0.05, 0.1) is 11.0 Å². The number of H-pyrrole nitrogens is 1. The molecule has 3 aromatic rings. The number of nitrogens with one attached hydrogen (secondary N) is 1. The summed E-state index contributed by atoms with van der Waals surface area (Å²) in [6.45, 7) is 11.0. The Morgan fingerprint density at radius 2 is 1.62 bits per heavy atom. The van der Waals surface area contributed by atoms with Crippen LogP contribution in [0.25, 0.3) is 22.4 Å². The van der Waals surface area contributed by atoms with E-state index in [9.17, 15) is 0 Å². The van der Waals surface area contributed by atoms with Crippen molar-refractivity contribution < 1.29 is 0 Å². The number of benzene rings is 2. The van der Waals surface area contributed by atoms with Crippen molar-refractivity contribution >= 4 is 11.0 Å². The van der Waals surface area contributed by atoms with E-state index in [4.69, 9.17) is 4.98 Å². The Morgan fingerprint density at radius 1 is 0.952 bits per heavy atom. The van der Waals surface area contributed by atoms with Gasteiger partial charge in [0.15, 0.2) is 0 Å². The summed E-state index contributed by atoms with van der Waals surface area (Å²) in [6, 6.07) is 12.9. The number of aromatic nitrogens is 2. The molecule has 1 aromatic heterocycles. The van der Waals surface area contributed by atoms with Crippen LogP contribution in [-0.2, 0) is 5.41 Å². The monoisotopic (exact) mass is 278 g/mol. The Kier molecular flexibility index (Phi) is 3.12. The Hall–Kier alpha value is -2.09. The summed E-state index contributed by atoms with van der Waals surface area (Å²) in [5.74, 6) is 0.964. The van der Waals surface area contributed by atoms with Crippen molar-refractivity contribution in [3.8, 4) is 11.4 Å². The molecule has 2 aromatic carbocycles. The molecule has 0 spiro atoms. The minimum Gasteiger partial charge on any atom is -0.338 e. The standard InChI is InChI=1S/C19H22N2/c1-12-7-6-8-13(2)17(12)18-20-15-10-9-14(19(3,4)5)11-16(15)21-18/h6-11H,1-5H3,(H,20,21). The number of nitrogens with zero attached hydrogens (tertiary/aromatic N) is 1. The van der Waals surface area contributed by atoms with Crippen LogP contribution in [0.15, 0.2) is 36.4 Å². The summed E-state index contributed by atoms with van der Waals surface area (Å²) < 4.78 is 0. The largest absolute Gasteiger partial charge is 0.338 e. The molecular formula is C19H22N2. The number of hydrogen-bond acceptors (Lipinski definition) is 1. The van der Waals surface area contributed by atoms with Gasteiger partial charge in [-0.1, -0.05) is 45.0 Å². The van der Waals surface area contributed by atoms with E-state index in [-0.39, 0.29) is 5.41 Å². The Labute approximate surface area is 126 Å². The maximum absolute atomic E-state index is 4.82. The second-order valence-corrected chi connectivity index (χ2v) is 6.83. The molecule has 0 aliphatic carbocycles. The molecule has 0 atom stereocenters. The first-order valence-electron chi connectivity index (χ1n) is 7.43. The van der Waals surface area contributed by atoms with Crippen molar-refractivity contribution in [3.63, 3.8) is 0 Å². The second-order valence-electron chi connectivity index (χ2n) is 6.83. The molecule has 0 saturated heterocycles.